The maximum absolute atomic E-state index is 3.77. The minimum atomic E-state index is 0.664. The summed E-state index contributed by atoms with van der Waals surface area (Å²) < 4.78 is 0. The molecule has 0 aliphatic heterocycles. The minimum Gasteiger partial charge on any atom is -0.311 e. The van der Waals surface area contributed by atoms with E-state index in [9.17, 15) is 0 Å². The first-order valence-electron chi connectivity index (χ1n) is 6.32. The fourth-order valence-corrected chi connectivity index (χ4v) is 2.25. The zero-order valence-electron chi connectivity index (χ0n) is 10.9. The molecule has 0 aromatic rings. The summed E-state index contributed by atoms with van der Waals surface area (Å²) in [5, 5.41) is 3.77. The van der Waals surface area contributed by atoms with Crippen LogP contribution in [0.1, 0.15) is 60.8 Å². The first-order chi connectivity index (χ1) is 6.56. The van der Waals surface area contributed by atoms with Crippen molar-refractivity contribution in [2.75, 3.05) is 0 Å². The van der Waals surface area contributed by atoms with E-state index in [1.807, 2.05) is 0 Å². The van der Waals surface area contributed by atoms with Gasteiger partial charge in [0.2, 0.25) is 0 Å². The van der Waals surface area contributed by atoms with E-state index in [-0.39, 0.29) is 0 Å². The summed E-state index contributed by atoms with van der Waals surface area (Å²) in [5.41, 5.74) is 0. The van der Waals surface area contributed by atoms with Gasteiger partial charge in [0.25, 0.3) is 0 Å². The summed E-state index contributed by atoms with van der Waals surface area (Å²) in [4.78, 5) is 0. The Bertz CT molecular complexity index is 127. The van der Waals surface area contributed by atoms with Crippen molar-refractivity contribution < 1.29 is 0 Å². The van der Waals surface area contributed by atoms with Gasteiger partial charge in [0.1, 0.15) is 0 Å². The molecular weight excluding hydrogens is 170 g/mol. The summed E-state index contributed by atoms with van der Waals surface area (Å²) in [7, 11) is 0. The van der Waals surface area contributed by atoms with E-state index in [1.54, 1.807) is 0 Å². The van der Waals surface area contributed by atoms with Gasteiger partial charge >= 0.3 is 0 Å². The van der Waals surface area contributed by atoms with Gasteiger partial charge in [0, 0.05) is 12.1 Å². The second-order valence-corrected chi connectivity index (χ2v) is 4.79. The lowest BCUT2D eigenvalue weighted by molar-refractivity contribution is 0.281. The molecule has 0 bridgehead atoms. The van der Waals surface area contributed by atoms with Crippen molar-refractivity contribution in [2.45, 2.75) is 72.9 Å². The Balaban J connectivity index is 4.06. The van der Waals surface area contributed by atoms with Crippen LogP contribution in [0.25, 0.3) is 0 Å². The number of rotatable bonds is 7. The topological polar surface area (TPSA) is 12.0 Å². The second kappa shape index (κ2) is 7.28. The van der Waals surface area contributed by atoms with Crippen LogP contribution in [0.2, 0.25) is 0 Å². The number of hydrogen-bond donors (Lipinski definition) is 1. The minimum absolute atomic E-state index is 0.664. The molecule has 1 heteroatoms. The van der Waals surface area contributed by atoms with E-state index in [0.717, 1.165) is 11.8 Å². The summed E-state index contributed by atoms with van der Waals surface area (Å²) in [6.45, 7) is 13.8. The molecule has 0 fully saturated rings. The van der Waals surface area contributed by atoms with Gasteiger partial charge in [-0.3, -0.25) is 0 Å². The third-order valence-electron chi connectivity index (χ3n) is 3.48. The maximum Gasteiger partial charge on any atom is 0.00900 e. The van der Waals surface area contributed by atoms with E-state index >= 15 is 0 Å². The van der Waals surface area contributed by atoms with Gasteiger partial charge in [0.05, 0.1) is 0 Å². The van der Waals surface area contributed by atoms with E-state index in [2.05, 4.69) is 46.9 Å². The van der Waals surface area contributed by atoms with Gasteiger partial charge in [-0.05, 0) is 25.2 Å². The third kappa shape index (κ3) is 4.45. The fraction of sp³-hybridized carbons (Fsp3) is 1.00. The molecule has 0 amide bonds. The first-order valence-corrected chi connectivity index (χ1v) is 6.32. The van der Waals surface area contributed by atoms with Crippen molar-refractivity contribution in [3.8, 4) is 0 Å². The predicted molar refractivity (Wildman–Crippen MR) is 65.6 cm³/mol. The van der Waals surface area contributed by atoms with Crippen molar-refractivity contribution in [2.24, 2.45) is 11.8 Å². The highest BCUT2D eigenvalue weighted by atomic mass is 15.0. The molecule has 0 aromatic heterocycles. The molecule has 0 spiro atoms. The molecule has 2 atom stereocenters. The molecular formula is C13H29N. The molecule has 0 aliphatic rings. The van der Waals surface area contributed by atoms with Crippen molar-refractivity contribution >= 4 is 0 Å². The lowest BCUT2D eigenvalue weighted by Gasteiger charge is -2.30. The average Bonchev–Trinajstić information content (AvgIpc) is 2.15. The second-order valence-electron chi connectivity index (χ2n) is 4.79. The Hall–Kier alpha value is -0.0400. The van der Waals surface area contributed by atoms with E-state index in [0.29, 0.717) is 12.1 Å². The molecule has 1 N–H and O–H groups in total. The highest BCUT2D eigenvalue weighted by Gasteiger charge is 2.18. The van der Waals surface area contributed by atoms with Crippen LogP contribution in [0.3, 0.4) is 0 Å². The molecule has 0 saturated heterocycles. The third-order valence-corrected chi connectivity index (χ3v) is 3.48. The summed E-state index contributed by atoms with van der Waals surface area (Å²) in [6.07, 6.45) is 3.82. The van der Waals surface area contributed by atoms with E-state index in [1.165, 1.54) is 19.3 Å². The van der Waals surface area contributed by atoms with Gasteiger partial charge < -0.3 is 5.32 Å². The highest BCUT2D eigenvalue weighted by Crippen LogP contribution is 2.15. The first kappa shape index (κ1) is 14.0. The zero-order chi connectivity index (χ0) is 11.1. The number of nitrogens with one attached hydrogen (secondary N) is 1. The molecule has 1 nitrogen and oxygen atoms in total. The molecule has 0 aromatic carbocycles. The van der Waals surface area contributed by atoms with Crippen molar-refractivity contribution in [1.29, 1.82) is 0 Å². The Morgan fingerprint density at radius 2 is 1.36 bits per heavy atom. The standard InChI is InChI=1S/C13H29N/c1-7-12(8-2)11(6)14-13(9-3)10(4)5/h10-14H,7-9H2,1-6H3. The fourth-order valence-electron chi connectivity index (χ4n) is 2.25. The van der Waals surface area contributed by atoms with Crippen LogP contribution < -0.4 is 5.32 Å². The van der Waals surface area contributed by atoms with Crippen LogP contribution in [-0.2, 0) is 0 Å². The molecule has 0 radical (unpaired) electrons. The quantitative estimate of drug-likeness (QED) is 0.657. The van der Waals surface area contributed by atoms with Crippen LogP contribution in [0.5, 0.6) is 0 Å². The maximum atomic E-state index is 3.77. The summed E-state index contributed by atoms with van der Waals surface area (Å²) in [5.74, 6) is 1.58. The van der Waals surface area contributed by atoms with Gasteiger partial charge in [0.15, 0.2) is 0 Å². The molecule has 0 aliphatic carbocycles. The SMILES string of the molecule is CCC(CC)C(C)NC(CC)C(C)C. The lowest BCUT2D eigenvalue weighted by atomic mass is 9.92. The average molecular weight is 199 g/mol. The predicted octanol–water partition coefficient (Wildman–Crippen LogP) is 3.84. The van der Waals surface area contributed by atoms with Gasteiger partial charge in [-0.1, -0.05) is 47.5 Å². The highest BCUT2D eigenvalue weighted by molar-refractivity contribution is 4.77. The lowest BCUT2D eigenvalue weighted by Crippen LogP contribution is -2.43. The normalized spacial score (nSPS) is 16.3. The van der Waals surface area contributed by atoms with Crippen molar-refractivity contribution in [3.05, 3.63) is 0 Å². The monoisotopic (exact) mass is 199 g/mol. The van der Waals surface area contributed by atoms with Crippen LogP contribution in [0.15, 0.2) is 0 Å². The van der Waals surface area contributed by atoms with Crippen LogP contribution >= 0.6 is 0 Å². The van der Waals surface area contributed by atoms with Crippen molar-refractivity contribution in [1.82, 2.24) is 5.32 Å². The molecule has 0 saturated carbocycles. The molecule has 0 rings (SSSR count). The summed E-state index contributed by atoms with van der Waals surface area (Å²) in [6, 6.07) is 1.35. The Kier molecular flexibility index (Phi) is 7.26. The Morgan fingerprint density at radius 3 is 1.64 bits per heavy atom. The van der Waals surface area contributed by atoms with Gasteiger partial charge in [-0.15, -0.1) is 0 Å². The molecule has 14 heavy (non-hydrogen) atoms. The van der Waals surface area contributed by atoms with E-state index in [4.69, 9.17) is 0 Å². The number of hydrogen-bond acceptors (Lipinski definition) is 1. The molecule has 86 valence electrons. The van der Waals surface area contributed by atoms with Gasteiger partial charge in [-0.2, -0.15) is 0 Å². The van der Waals surface area contributed by atoms with Gasteiger partial charge in [-0.25, -0.2) is 0 Å². The molecule has 2 unspecified atom stereocenters. The molecule has 0 heterocycles. The van der Waals surface area contributed by atoms with E-state index < -0.39 is 0 Å². The van der Waals surface area contributed by atoms with Crippen LogP contribution in [0.4, 0.5) is 0 Å². The smallest absolute Gasteiger partial charge is 0.00900 e. The van der Waals surface area contributed by atoms with Crippen molar-refractivity contribution in [3.63, 3.8) is 0 Å². The zero-order valence-corrected chi connectivity index (χ0v) is 10.9. The van der Waals surface area contributed by atoms with Crippen LogP contribution in [0, 0.1) is 11.8 Å². The van der Waals surface area contributed by atoms with Crippen LogP contribution in [-0.4, -0.2) is 12.1 Å². The largest absolute Gasteiger partial charge is 0.311 e. The Morgan fingerprint density at radius 1 is 0.857 bits per heavy atom. The summed E-state index contributed by atoms with van der Waals surface area (Å²) >= 11 is 0. The Labute approximate surface area is 90.7 Å².